The number of nitrogens with zero attached hydrogens (tertiary/aromatic N) is 1. The largest absolute Gasteiger partial charge is 0.504 e. The first-order chi connectivity index (χ1) is 14.4. The van der Waals surface area contributed by atoms with Crippen LogP contribution in [0.25, 0.3) is 0 Å². The summed E-state index contributed by atoms with van der Waals surface area (Å²) in [5.74, 6) is -1.44. The Labute approximate surface area is 172 Å². The summed E-state index contributed by atoms with van der Waals surface area (Å²) in [4.78, 5) is 37.9. The molecule has 1 aliphatic rings. The molecule has 3 rings (SSSR count). The number of carbonyl (C=O) groups is 3. The lowest BCUT2D eigenvalue weighted by atomic mass is 10.1. The Morgan fingerprint density at radius 2 is 1.63 bits per heavy atom. The Morgan fingerprint density at radius 3 is 2.30 bits per heavy atom. The van der Waals surface area contributed by atoms with E-state index in [9.17, 15) is 24.6 Å². The number of hydrogen-bond donors (Lipinski definition) is 5. The molecule has 2 aromatic carbocycles. The van der Waals surface area contributed by atoms with Crippen LogP contribution in [0.1, 0.15) is 15.9 Å². The molecule has 30 heavy (non-hydrogen) atoms. The van der Waals surface area contributed by atoms with E-state index in [1.165, 1.54) is 6.07 Å². The maximum absolute atomic E-state index is 12.3. The fourth-order valence-corrected chi connectivity index (χ4v) is 2.82. The molecular weight excluding hydrogens is 392 g/mol. The number of hydrazine groups is 1. The molecule has 4 amide bonds. The van der Waals surface area contributed by atoms with Gasteiger partial charge < -0.3 is 25.2 Å². The van der Waals surface area contributed by atoms with Gasteiger partial charge in [0.15, 0.2) is 11.5 Å². The zero-order valence-electron chi connectivity index (χ0n) is 16.1. The maximum atomic E-state index is 12.3. The fraction of sp³-hybridized carbons (Fsp3) is 0.250. The number of ether oxygens (including phenoxy) is 1. The van der Waals surface area contributed by atoms with Crippen molar-refractivity contribution in [1.29, 1.82) is 0 Å². The van der Waals surface area contributed by atoms with Gasteiger partial charge in [0, 0.05) is 24.3 Å². The van der Waals surface area contributed by atoms with Crippen molar-refractivity contribution in [3.8, 4) is 11.5 Å². The van der Waals surface area contributed by atoms with Gasteiger partial charge in [0.25, 0.3) is 5.91 Å². The Hall–Kier alpha value is -3.79. The van der Waals surface area contributed by atoms with Crippen LogP contribution in [-0.4, -0.2) is 59.3 Å². The van der Waals surface area contributed by atoms with Gasteiger partial charge in [-0.2, -0.15) is 0 Å². The molecular formula is C20H22N4O6. The number of phenolic OH excluding ortho intramolecular Hbond substituents is 2. The third-order valence-electron chi connectivity index (χ3n) is 4.46. The number of anilines is 1. The van der Waals surface area contributed by atoms with Crippen LogP contribution in [0.5, 0.6) is 11.5 Å². The van der Waals surface area contributed by atoms with Gasteiger partial charge in [0.1, 0.15) is 0 Å². The molecule has 0 aliphatic carbocycles. The predicted octanol–water partition coefficient (Wildman–Crippen LogP) is 0.966. The molecule has 0 saturated carbocycles. The van der Waals surface area contributed by atoms with Crippen LogP contribution in [0.2, 0.25) is 0 Å². The number of hydrogen-bond acceptors (Lipinski definition) is 6. The Morgan fingerprint density at radius 1 is 0.933 bits per heavy atom. The van der Waals surface area contributed by atoms with E-state index in [0.717, 1.165) is 17.7 Å². The van der Waals surface area contributed by atoms with Crippen LogP contribution < -0.4 is 16.2 Å². The van der Waals surface area contributed by atoms with Crippen LogP contribution in [-0.2, 0) is 16.0 Å². The molecule has 0 spiro atoms. The molecule has 10 heteroatoms. The minimum Gasteiger partial charge on any atom is -0.504 e. The van der Waals surface area contributed by atoms with Crippen molar-refractivity contribution in [1.82, 2.24) is 15.8 Å². The van der Waals surface area contributed by atoms with Crippen molar-refractivity contribution in [2.24, 2.45) is 0 Å². The maximum Gasteiger partial charge on any atom is 0.337 e. The van der Waals surface area contributed by atoms with E-state index < -0.39 is 17.7 Å². The molecule has 10 nitrogen and oxygen atoms in total. The Bertz CT molecular complexity index is 925. The van der Waals surface area contributed by atoms with Gasteiger partial charge in [-0.1, -0.05) is 12.1 Å². The highest BCUT2D eigenvalue weighted by atomic mass is 16.5. The summed E-state index contributed by atoms with van der Waals surface area (Å²) in [6.07, 6.45) is 0.266. The first-order valence-corrected chi connectivity index (χ1v) is 9.26. The number of amides is 4. The van der Waals surface area contributed by atoms with Gasteiger partial charge in [-0.15, -0.1) is 0 Å². The van der Waals surface area contributed by atoms with E-state index in [1.807, 2.05) is 0 Å². The van der Waals surface area contributed by atoms with Crippen molar-refractivity contribution in [2.45, 2.75) is 6.42 Å². The quantitative estimate of drug-likeness (QED) is 0.373. The lowest BCUT2D eigenvalue weighted by Crippen LogP contribution is -2.43. The SMILES string of the molecule is O=C(NNC(=O)c1ccc(O)c(O)c1)Nc1ccc(CC(=O)N2CCOCC2)cc1. The molecule has 1 heterocycles. The summed E-state index contributed by atoms with van der Waals surface area (Å²) < 4.78 is 5.24. The molecule has 0 radical (unpaired) electrons. The normalized spacial score (nSPS) is 13.4. The molecule has 158 valence electrons. The number of nitrogens with one attached hydrogen (secondary N) is 3. The first-order valence-electron chi connectivity index (χ1n) is 9.26. The summed E-state index contributed by atoms with van der Waals surface area (Å²) >= 11 is 0. The zero-order valence-corrected chi connectivity index (χ0v) is 16.1. The van der Waals surface area contributed by atoms with Crippen LogP contribution >= 0.6 is 0 Å². The monoisotopic (exact) mass is 414 g/mol. The summed E-state index contributed by atoms with van der Waals surface area (Å²) in [7, 11) is 0. The summed E-state index contributed by atoms with van der Waals surface area (Å²) in [5, 5.41) is 21.2. The van der Waals surface area contributed by atoms with Crippen molar-refractivity contribution >= 4 is 23.5 Å². The average molecular weight is 414 g/mol. The van der Waals surface area contributed by atoms with E-state index in [2.05, 4.69) is 16.2 Å². The fourth-order valence-electron chi connectivity index (χ4n) is 2.82. The molecule has 0 bridgehead atoms. The minimum atomic E-state index is -0.677. The highest BCUT2D eigenvalue weighted by Gasteiger charge is 2.17. The lowest BCUT2D eigenvalue weighted by Gasteiger charge is -2.26. The number of aromatic hydroxyl groups is 2. The third-order valence-corrected chi connectivity index (χ3v) is 4.46. The predicted molar refractivity (Wildman–Crippen MR) is 107 cm³/mol. The van der Waals surface area contributed by atoms with Crippen LogP contribution in [0.4, 0.5) is 10.5 Å². The molecule has 0 aromatic heterocycles. The van der Waals surface area contributed by atoms with Crippen LogP contribution in [0.3, 0.4) is 0 Å². The summed E-state index contributed by atoms with van der Waals surface area (Å²) in [5.41, 5.74) is 5.72. The number of carbonyl (C=O) groups excluding carboxylic acids is 3. The Kier molecular flexibility index (Phi) is 6.71. The number of morpholine rings is 1. The molecule has 0 atom stereocenters. The number of rotatable bonds is 4. The Balaban J connectivity index is 1.46. The smallest absolute Gasteiger partial charge is 0.337 e. The molecule has 1 aliphatic heterocycles. The van der Waals surface area contributed by atoms with Crippen LogP contribution in [0, 0.1) is 0 Å². The second kappa shape index (κ2) is 9.61. The van der Waals surface area contributed by atoms with Gasteiger partial charge >= 0.3 is 6.03 Å². The van der Waals surface area contributed by atoms with Gasteiger partial charge in [-0.3, -0.25) is 15.0 Å². The molecule has 0 unspecified atom stereocenters. The zero-order chi connectivity index (χ0) is 21.5. The van der Waals surface area contributed by atoms with E-state index >= 15 is 0 Å². The molecule has 1 fully saturated rings. The standard InChI is InChI=1S/C20H22N4O6/c25-16-6-3-14(12-17(16)26)19(28)22-23-20(29)21-15-4-1-13(2-5-15)11-18(27)24-7-9-30-10-8-24/h1-6,12,25-26H,7-11H2,(H,22,28)(H2,21,23,29). The highest BCUT2D eigenvalue weighted by Crippen LogP contribution is 2.24. The van der Waals surface area contributed by atoms with Gasteiger partial charge in [-0.05, 0) is 35.9 Å². The number of phenols is 2. The highest BCUT2D eigenvalue weighted by molar-refractivity contribution is 5.97. The van der Waals surface area contributed by atoms with E-state index in [4.69, 9.17) is 4.74 Å². The summed E-state index contributed by atoms with van der Waals surface area (Å²) in [6, 6.07) is 9.64. The summed E-state index contributed by atoms with van der Waals surface area (Å²) in [6.45, 7) is 2.28. The van der Waals surface area contributed by atoms with Crippen molar-refractivity contribution in [2.75, 3.05) is 31.6 Å². The van der Waals surface area contributed by atoms with E-state index in [0.29, 0.717) is 32.0 Å². The van der Waals surface area contributed by atoms with Crippen molar-refractivity contribution < 1.29 is 29.3 Å². The second-order valence-corrected chi connectivity index (χ2v) is 6.60. The van der Waals surface area contributed by atoms with E-state index in [-0.39, 0.29) is 23.6 Å². The molecule has 1 saturated heterocycles. The van der Waals surface area contributed by atoms with Gasteiger partial charge in [-0.25, -0.2) is 10.2 Å². The number of benzene rings is 2. The topological polar surface area (TPSA) is 140 Å². The second-order valence-electron chi connectivity index (χ2n) is 6.60. The molecule has 2 aromatic rings. The number of urea groups is 1. The third kappa shape index (κ3) is 5.61. The molecule has 5 N–H and O–H groups in total. The lowest BCUT2D eigenvalue weighted by molar-refractivity contribution is -0.134. The average Bonchev–Trinajstić information content (AvgIpc) is 2.76. The van der Waals surface area contributed by atoms with Gasteiger partial charge in [0.2, 0.25) is 5.91 Å². The van der Waals surface area contributed by atoms with Crippen molar-refractivity contribution in [3.05, 3.63) is 53.6 Å². The first kappa shape index (κ1) is 20.9. The van der Waals surface area contributed by atoms with E-state index in [1.54, 1.807) is 29.2 Å². The minimum absolute atomic E-state index is 0.0275. The van der Waals surface area contributed by atoms with Gasteiger partial charge in [0.05, 0.1) is 19.6 Å². The van der Waals surface area contributed by atoms with Crippen molar-refractivity contribution in [3.63, 3.8) is 0 Å². The van der Waals surface area contributed by atoms with Crippen LogP contribution in [0.15, 0.2) is 42.5 Å².